The summed E-state index contributed by atoms with van der Waals surface area (Å²) in [5.74, 6) is 1.05. The number of hydrogen-bond acceptors (Lipinski definition) is 3. The Kier molecular flexibility index (Phi) is 8.10. The first-order valence-electron chi connectivity index (χ1n) is 8.65. The van der Waals surface area contributed by atoms with Crippen LogP contribution in [0.1, 0.15) is 53.0 Å². The van der Waals surface area contributed by atoms with E-state index in [9.17, 15) is 4.79 Å². The van der Waals surface area contributed by atoms with Crippen LogP contribution in [-0.2, 0) is 11.2 Å². The third-order valence-electron chi connectivity index (χ3n) is 4.11. The van der Waals surface area contributed by atoms with E-state index in [0.29, 0.717) is 0 Å². The normalized spacial score (nSPS) is 15.1. The molecule has 0 saturated carbocycles. The van der Waals surface area contributed by atoms with Gasteiger partial charge in [0.15, 0.2) is 0 Å². The molecule has 4 nitrogen and oxygen atoms in total. The quantitative estimate of drug-likeness (QED) is 0.734. The molecule has 23 heavy (non-hydrogen) atoms. The second kappa shape index (κ2) is 9.56. The van der Waals surface area contributed by atoms with Crippen molar-refractivity contribution >= 4 is 5.91 Å². The van der Waals surface area contributed by atoms with Crippen LogP contribution < -0.4 is 15.8 Å². The SMILES string of the molecule is CCC(C)C(N)C(=O)NC(C)CCc1ccc(OC(C)C)cc1. The topological polar surface area (TPSA) is 64.4 Å². The lowest BCUT2D eigenvalue weighted by Crippen LogP contribution is -2.47. The lowest BCUT2D eigenvalue weighted by atomic mass is 9.98. The van der Waals surface area contributed by atoms with E-state index in [4.69, 9.17) is 10.5 Å². The van der Waals surface area contributed by atoms with Gasteiger partial charge < -0.3 is 15.8 Å². The molecule has 1 amide bonds. The first-order valence-corrected chi connectivity index (χ1v) is 8.65. The van der Waals surface area contributed by atoms with Gasteiger partial charge in [0.05, 0.1) is 12.1 Å². The minimum atomic E-state index is -0.421. The molecule has 130 valence electrons. The molecule has 0 aliphatic carbocycles. The first kappa shape index (κ1) is 19.5. The lowest BCUT2D eigenvalue weighted by molar-refractivity contribution is -0.124. The molecule has 1 rings (SSSR count). The van der Waals surface area contributed by atoms with Crippen molar-refractivity contribution in [2.45, 2.75) is 72.1 Å². The van der Waals surface area contributed by atoms with Crippen molar-refractivity contribution in [3.8, 4) is 5.75 Å². The average Bonchev–Trinajstić information content (AvgIpc) is 2.52. The van der Waals surface area contributed by atoms with Crippen molar-refractivity contribution in [2.24, 2.45) is 11.7 Å². The number of ether oxygens (including phenoxy) is 1. The molecule has 0 heterocycles. The van der Waals surface area contributed by atoms with Crippen molar-refractivity contribution in [2.75, 3.05) is 0 Å². The van der Waals surface area contributed by atoms with Gasteiger partial charge in [-0.15, -0.1) is 0 Å². The zero-order chi connectivity index (χ0) is 17.4. The molecule has 0 saturated heterocycles. The minimum absolute atomic E-state index is 0.0486. The molecule has 1 aromatic carbocycles. The van der Waals surface area contributed by atoms with Gasteiger partial charge in [-0.3, -0.25) is 4.79 Å². The molecular formula is C19H32N2O2. The third-order valence-corrected chi connectivity index (χ3v) is 4.11. The number of carbonyl (C=O) groups is 1. The van der Waals surface area contributed by atoms with Crippen LogP contribution in [0.3, 0.4) is 0 Å². The van der Waals surface area contributed by atoms with Crippen LogP contribution in [0.25, 0.3) is 0 Å². The molecule has 0 aliphatic heterocycles. The van der Waals surface area contributed by atoms with Gasteiger partial charge in [0.1, 0.15) is 5.75 Å². The molecule has 0 aliphatic rings. The Morgan fingerprint density at radius 1 is 1.17 bits per heavy atom. The van der Waals surface area contributed by atoms with Crippen molar-refractivity contribution in [3.05, 3.63) is 29.8 Å². The van der Waals surface area contributed by atoms with Gasteiger partial charge in [-0.1, -0.05) is 32.4 Å². The number of aryl methyl sites for hydroxylation is 1. The van der Waals surface area contributed by atoms with Gasteiger partial charge in [0.2, 0.25) is 5.91 Å². The smallest absolute Gasteiger partial charge is 0.237 e. The van der Waals surface area contributed by atoms with E-state index >= 15 is 0 Å². The third kappa shape index (κ3) is 7.04. The number of benzene rings is 1. The van der Waals surface area contributed by atoms with E-state index in [0.717, 1.165) is 25.0 Å². The Balaban J connectivity index is 2.41. The standard InChI is InChI=1S/C19H32N2O2/c1-6-14(4)18(20)19(22)21-15(5)7-8-16-9-11-17(12-10-16)23-13(2)3/h9-15,18H,6-8,20H2,1-5H3,(H,21,22). The van der Waals surface area contributed by atoms with Gasteiger partial charge >= 0.3 is 0 Å². The zero-order valence-corrected chi connectivity index (χ0v) is 15.1. The van der Waals surface area contributed by atoms with E-state index in [-0.39, 0.29) is 24.0 Å². The Labute approximate surface area is 140 Å². The molecule has 3 unspecified atom stereocenters. The second-order valence-electron chi connectivity index (χ2n) is 6.67. The number of hydrogen-bond donors (Lipinski definition) is 2. The molecule has 0 fully saturated rings. The Bertz CT molecular complexity index is 471. The molecule has 0 bridgehead atoms. The summed E-state index contributed by atoms with van der Waals surface area (Å²) in [5, 5.41) is 3.01. The van der Waals surface area contributed by atoms with Gasteiger partial charge in [-0.2, -0.15) is 0 Å². The predicted molar refractivity (Wildman–Crippen MR) is 95.6 cm³/mol. The van der Waals surface area contributed by atoms with Crippen LogP contribution in [0.5, 0.6) is 5.75 Å². The molecule has 4 heteroatoms. The predicted octanol–water partition coefficient (Wildman–Crippen LogP) is 3.28. The maximum Gasteiger partial charge on any atom is 0.237 e. The first-order chi connectivity index (χ1) is 10.8. The van der Waals surface area contributed by atoms with Gasteiger partial charge in [-0.05, 0) is 57.2 Å². The van der Waals surface area contributed by atoms with E-state index in [1.807, 2.05) is 46.8 Å². The molecular weight excluding hydrogens is 288 g/mol. The molecule has 3 N–H and O–H groups in total. The Morgan fingerprint density at radius 3 is 2.30 bits per heavy atom. The van der Waals surface area contributed by atoms with Crippen LogP contribution in [-0.4, -0.2) is 24.1 Å². The highest BCUT2D eigenvalue weighted by atomic mass is 16.5. The van der Waals surface area contributed by atoms with Gasteiger partial charge in [0.25, 0.3) is 0 Å². The van der Waals surface area contributed by atoms with Crippen molar-refractivity contribution in [1.29, 1.82) is 0 Å². The van der Waals surface area contributed by atoms with E-state index in [1.165, 1.54) is 5.56 Å². The van der Waals surface area contributed by atoms with Gasteiger partial charge in [0, 0.05) is 6.04 Å². The number of carbonyl (C=O) groups excluding carboxylic acids is 1. The summed E-state index contributed by atoms with van der Waals surface area (Å²) in [7, 11) is 0. The molecule has 0 aromatic heterocycles. The summed E-state index contributed by atoms with van der Waals surface area (Å²) in [6.45, 7) is 10.1. The monoisotopic (exact) mass is 320 g/mol. The maximum atomic E-state index is 12.1. The number of amides is 1. The fourth-order valence-electron chi connectivity index (χ4n) is 2.31. The largest absolute Gasteiger partial charge is 0.491 e. The minimum Gasteiger partial charge on any atom is -0.491 e. The van der Waals surface area contributed by atoms with E-state index in [1.54, 1.807) is 0 Å². The highest BCUT2D eigenvalue weighted by molar-refractivity contribution is 5.82. The van der Waals surface area contributed by atoms with Crippen LogP contribution in [0.2, 0.25) is 0 Å². The Hall–Kier alpha value is -1.55. The highest BCUT2D eigenvalue weighted by Gasteiger charge is 2.20. The zero-order valence-electron chi connectivity index (χ0n) is 15.1. The van der Waals surface area contributed by atoms with Crippen molar-refractivity contribution in [3.63, 3.8) is 0 Å². The number of rotatable bonds is 9. The maximum absolute atomic E-state index is 12.1. The fraction of sp³-hybridized carbons (Fsp3) is 0.632. The summed E-state index contributed by atoms with van der Waals surface area (Å²) in [4.78, 5) is 12.1. The van der Waals surface area contributed by atoms with E-state index < -0.39 is 6.04 Å². The molecule has 0 spiro atoms. The number of nitrogens with two attached hydrogens (primary N) is 1. The Morgan fingerprint density at radius 2 is 1.78 bits per heavy atom. The number of nitrogens with one attached hydrogen (secondary N) is 1. The average molecular weight is 320 g/mol. The fourth-order valence-corrected chi connectivity index (χ4v) is 2.31. The summed E-state index contributed by atoms with van der Waals surface area (Å²) < 4.78 is 5.64. The van der Waals surface area contributed by atoms with Crippen molar-refractivity contribution in [1.82, 2.24) is 5.32 Å². The highest BCUT2D eigenvalue weighted by Crippen LogP contribution is 2.15. The molecule has 3 atom stereocenters. The molecule has 1 aromatic rings. The summed E-state index contributed by atoms with van der Waals surface area (Å²) in [5.41, 5.74) is 7.20. The van der Waals surface area contributed by atoms with Crippen LogP contribution >= 0.6 is 0 Å². The van der Waals surface area contributed by atoms with Crippen LogP contribution in [0.15, 0.2) is 24.3 Å². The van der Waals surface area contributed by atoms with Crippen molar-refractivity contribution < 1.29 is 9.53 Å². The van der Waals surface area contributed by atoms with Crippen LogP contribution in [0.4, 0.5) is 0 Å². The molecule has 0 radical (unpaired) electrons. The summed E-state index contributed by atoms with van der Waals surface area (Å²) >= 11 is 0. The lowest BCUT2D eigenvalue weighted by Gasteiger charge is -2.21. The summed E-state index contributed by atoms with van der Waals surface area (Å²) in [6.07, 6.45) is 2.91. The van der Waals surface area contributed by atoms with Crippen LogP contribution in [0, 0.1) is 5.92 Å². The van der Waals surface area contributed by atoms with E-state index in [2.05, 4.69) is 17.4 Å². The second-order valence-corrected chi connectivity index (χ2v) is 6.67. The van der Waals surface area contributed by atoms with Gasteiger partial charge in [-0.25, -0.2) is 0 Å². The summed E-state index contributed by atoms with van der Waals surface area (Å²) in [6, 6.07) is 7.85.